The van der Waals surface area contributed by atoms with Gasteiger partial charge in [0.05, 0.1) is 11.3 Å². The number of phenols is 1. The van der Waals surface area contributed by atoms with Crippen LogP contribution in [0.3, 0.4) is 0 Å². The molecule has 0 aliphatic carbocycles. The van der Waals surface area contributed by atoms with Gasteiger partial charge in [-0.1, -0.05) is 30.3 Å². The van der Waals surface area contributed by atoms with Crippen LogP contribution in [-0.4, -0.2) is 32.2 Å². The zero-order valence-electron chi connectivity index (χ0n) is 12.9. The first kappa shape index (κ1) is 16.2. The predicted octanol–water partition coefficient (Wildman–Crippen LogP) is 3.51. The van der Waals surface area contributed by atoms with E-state index >= 15 is 0 Å². The van der Waals surface area contributed by atoms with Crippen molar-refractivity contribution in [2.24, 2.45) is 0 Å². The first-order valence-electron chi connectivity index (χ1n) is 7.33. The van der Waals surface area contributed by atoms with Crippen molar-refractivity contribution >= 4 is 35.0 Å². The maximum Gasteiger partial charge on any atom is 0.339 e. The van der Waals surface area contributed by atoms with E-state index in [2.05, 4.69) is 4.98 Å². The molecule has 3 rings (SSSR count). The minimum absolute atomic E-state index is 0.201. The number of carboxylic acids is 2. The maximum atomic E-state index is 11.1. The second-order valence-corrected chi connectivity index (χ2v) is 5.34. The molecule has 6 nitrogen and oxygen atoms in total. The lowest BCUT2D eigenvalue weighted by molar-refractivity contribution is 0.0684. The third-order valence-electron chi connectivity index (χ3n) is 3.69. The minimum atomic E-state index is -1.22. The summed E-state index contributed by atoms with van der Waals surface area (Å²) in [4.78, 5) is 26.2. The van der Waals surface area contributed by atoms with E-state index in [0.29, 0.717) is 11.1 Å². The number of hydrogen-bond acceptors (Lipinski definition) is 4. The summed E-state index contributed by atoms with van der Waals surface area (Å²) in [5.41, 5.74) is 1.53. The molecular weight excluding hydrogens is 322 g/mol. The molecule has 0 atom stereocenters. The molecule has 0 saturated carbocycles. The fourth-order valence-electron chi connectivity index (χ4n) is 2.37. The Kier molecular flexibility index (Phi) is 4.18. The Bertz CT molecular complexity index is 1010. The molecule has 0 aliphatic rings. The Morgan fingerprint density at radius 1 is 0.840 bits per heavy atom. The van der Waals surface area contributed by atoms with Crippen LogP contribution in [0.1, 0.15) is 32.0 Å². The number of benzene rings is 2. The SMILES string of the molecule is O=C(O)c1ccc(/C=C/c2ccc3ccc(C(=O)O)c(O)c3n2)cc1. The summed E-state index contributed by atoms with van der Waals surface area (Å²) >= 11 is 0. The van der Waals surface area contributed by atoms with E-state index < -0.39 is 11.9 Å². The van der Waals surface area contributed by atoms with Crippen molar-refractivity contribution in [1.29, 1.82) is 0 Å². The zero-order valence-corrected chi connectivity index (χ0v) is 12.9. The van der Waals surface area contributed by atoms with Gasteiger partial charge in [0.1, 0.15) is 11.1 Å². The number of fused-ring (bicyclic) bond motifs is 1. The summed E-state index contributed by atoms with van der Waals surface area (Å²) in [6.45, 7) is 0. The molecule has 1 aromatic heterocycles. The van der Waals surface area contributed by atoms with Crippen LogP contribution in [0.25, 0.3) is 23.1 Å². The topological polar surface area (TPSA) is 108 Å². The second-order valence-electron chi connectivity index (χ2n) is 5.34. The number of aromatic nitrogens is 1. The summed E-state index contributed by atoms with van der Waals surface area (Å²) in [7, 11) is 0. The Hall–Kier alpha value is -3.67. The molecule has 3 aromatic rings. The minimum Gasteiger partial charge on any atom is -0.505 e. The van der Waals surface area contributed by atoms with Crippen LogP contribution in [-0.2, 0) is 0 Å². The molecule has 0 fully saturated rings. The van der Waals surface area contributed by atoms with Gasteiger partial charge in [0.25, 0.3) is 0 Å². The Morgan fingerprint density at radius 3 is 2.16 bits per heavy atom. The quantitative estimate of drug-likeness (QED) is 0.673. The molecule has 0 saturated heterocycles. The van der Waals surface area contributed by atoms with E-state index in [-0.39, 0.29) is 22.4 Å². The number of pyridine rings is 1. The van der Waals surface area contributed by atoms with Crippen molar-refractivity contribution in [3.8, 4) is 5.75 Å². The van der Waals surface area contributed by atoms with Gasteiger partial charge in [-0.2, -0.15) is 0 Å². The maximum absolute atomic E-state index is 11.1. The van der Waals surface area contributed by atoms with Crippen molar-refractivity contribution < 1.29 is 24.9 Å². The van der Waals surface area contributed by atoms with Crippen LogP contribution in [0.2, 0.25) is 0 Å². The molecular formula is C19H13NO5. The van der Waals surface area contributed by atoms with Gasteiger partial charge in [-0.25, -0.2) is 14.6 Å². The summed E-state index contributed by atoms with van der Waals surface area (Å²) in [6, 6.07) is 12.7. The molecule has 0 radical (unpaired) electrons. The monoisotopic (exact) mass is 335 g/mol. The van der Waals surface area contributed by atoms with Gasteiger partial charge in [0, 0.05) is 5.39 Å². The molecule has 124 valence electrons. The van der Waals surface area contributed by atoms with Crippen LogP contribution in [0.4, 0.5) is 0 Å². The van der Waals surface area contributed by atoms with Crippen LogP contribution in [0, 0.1) is 0 Å². The van der Waals surface area contributed by atoms with E-state index in [0.717, 1.165) is 5.56 Å². The molecule has 0 spiro atoms. The molecule has 2 aromatic carbocycles. The van der Waals surface area contributed by atoms with E-state index in [4.69, 9.17) is 10.2 Å². The lowest BCUT2D eigenvalue weighted by atomic mass is 10.1. The van der Waals surface area contributed by atoms with Crippen molar-refractivity contribution in [3.05, 3.63) is 70.9 Å². The van der Waals surface area contributed by atoms with Crippen LogP contribution < -0.4 is 0 Å². The van der Waals surface area contributed by atoms with Gasteiger partial charge < -0.3 is 15.3 Å². The van der Waals surface area contributed by atoms with E-state index in [9.17, 15) is 14.7 Å². The normalized spacial score (nSPS) is 11.0. The first-order valence-corrected chi connectivity index (χ1v) is 7.33. The van der Waals surface area contributed by atoms with E-state index in [1.165, 1.54) is 18.2 Å². The Morgan fingerprint density at radius 2 is 1.52 bits per heavy atom. The highest BCUT2D eigenvalue weighted by molar-refractivity contribution is 5.99. The van der Waals surface area contributed by atoms with Gasteiger partial charge in [-0.15, -0.1) is 0 Å². The van der Waals surface area contributed by atoms with Gasteiger partial charge in [0.2, 0.25) is 0 Å². The molecule has 0 aliphatic heterocycles. The fourth-order valence-corrected chi connectivity index (χ4v) is 2.37. The molecule has 1 heterocycles. The Balaban J connectivity index is 1.94. The average Bonchev–Trinajstić information content (AvgIpc) is 2.60. The Labute approximate surface area is 142 Å². The smallest absolute Gasteiger partial charge is 0.339 e. The predicted molar refractivity (Wildman–Crippen MR) is 92.7 cm³/mol. The van der Waals surface area contributed by atoms with Crippen LogP contribution >= 0.6 is 0 Å². The van der Waals surface area contributed by atoms with Gasteiger partial charge in [-0.05, 0) is 35.9 Å². The third kappa shape index (κ3) is 3.32. The number of hydrogen-bond donors (Lipinski definition) is 3. The molecule has 0 amide bonds. The number of nitrogens with zero attached hydrogens (tertiary/aromatic N) is 1. The zero-order chi connectivity index (χ0) is 18.0. The number of rotatable bonds is 4. The standard InChI is InChI=1S/C19H13NO5/c21-17-15(19(24)25)10-7-12-6-9-14(20-16(12)17)8-3-11-1-4-13(5-2-11)18(22)23/h1-10,21H,(H,22,23)(H,24,25)/b8-3+. The fraction of sp³-hybridized carbons (Fsp3) is 0. The first-order chi connectivity index (χ1) is 12.0. The van der Waals surface area contributed by atoms with Gasteiger partial charge in [0.15, 0.2) is 5.75 Å². The summed E-state index contributed by atoms with van der Waals surface area (Å²) in [5, 5.41) is 28.7. The number of carbonyl (C=O) groups is 2. The largest absolute Gasteiger partial charge is 0.505 e. The summed E-state index contributed by atoms with van der Waals surface area (Å²) in [6.07, 6.45) is 3.44. The highest BCUT2D eigenvalue weighted by Crippen LogP contribution is 2.27. The third-order valence-corrected chi connectivity index (χ3v) is 3.69. The number of aromatic hydroxyl groups is 1. The molecule has 6 heteroatoms. The van der Waals surface area contributed by atoms with E-state index in [1.54, 1.807) is 42.5 Å². The number of carboxylic acid groups (broad SMARTS) is 2. The molecule has 0 unspecified atom stereocenters. The lowest BCUT2D eigenvalue weighted by Gasteiger charge is -2.05. The van der Waals surface area contributed by atoms with E-state index in [1.807, 2.05) is 0 Å². The molecule has 0 bridgehead atoms. The summed E-state index contributed by atoms with van der Waals surface area (Å²) < 4.78 is 0. The highest BCUT2D eigenvalue weighted by atomic mass is 16.4. The summed E-state index contributed by atoms with van der Waals surface area (Å²) in [5.74, 6) is -2.58. The van der Waals surface area contributed by atoms with Crippen LogP contribution in [0.15, 0.2) is 48.5 Å². The molecule has 25 heavy (non-hydrogen) atoms. The average molecular weight is 335 g/mol. The molecule has 3 N–H and O–H groups in total. The van der Waals surface area contributed by atoms with Crippen molar-refractivity contribution in [3.63, 3.8) is 0 Å². The highest BCUT2D eigenvalue weighted by Gasteiger charge is 2.13. The van der Waals surface area contributed by atoms with Crippen molar-refractivity contribution in [1.82, 2.24) is 4.98 Å². The van der Waals surface area contributed by atoms with Crippen molar-refractivity contribution in [2.45, 2.75) is 0 Å². The van der Waals surface area contributed by atoms with Crippen LogP contribution in [0.5, 0.6) is 5.75 Å². The number of aromatic carboxylic acids is 2. The van der Waals surface area contributed by atoms with Crippen molar-refractivity contribution in [2.75, 3.05) is 0 Å². The second kappa shape index (κ2) is 6.45. The van der Waals surface area contributed by atoms with Gasteiger partial charge >= 0.3 is 11.9 Å². The lowest BCUT2D eigenvalue weighted by Crippen LogP contribution is -1.97. The van der Waals surface area contributed by atoms with Gasteiger partial charge in [-0.3, -0.25) is 0 Å².